The number of benzene rings is 1. The van der Waals surface area contributed by atoms with Gasteiger partial charge in [0.25, 0.3) is 0 Å². The van der Waals surface area contributed by atoms with E-state index >= 15 is 0 Å². The molecular weight excluding hydrogens is 312 g/mol. The van der Waals surface area contributed by atoms with Gasteiger partial charge < -0.3 is 10.2 Å². The third-order valence-corrected chi connectivity index (χ3v) is 5.67. The van der Waals surface area contributed by atoms with Crippen LogP contribution < -0.4 is 5.32 Å². The van der Waals surface area contributed by atoms with Crippen LogP contribution in [0, 0.1) is 5.41 Å². The Morgan fingerprint density at radius 2 is 1.72 bits per heavy atom. The Hall–Kier alpha value is -1.84. The third-order valence-electron chi connectivity index (χ3n) is 5.67. The standard InChI is InChI=1S/C21H30N2O2/c1-2-23(16-17-10-6-5-7-11-17)20(25)21(14-15-21)19(24)22-18-12-8-3-4-9-13-18/h5-7,10-11,18H,2-4,8-9,12-16H2,1H3,(H,22,24). The number of rotatable bonds is 6. The molecular formula is C21H30N2O2. The first-order valence-electron chi connectivity index (χ1n) is 9.80. The molecule has 0 saturated heterocycles. The van der Waals surface area contributed by atoms with Gasteiger partial charge in [-0.05, 0) is 38.2 Å². The predicted molar refractivity (Wildman–Crippen MR) is 98.8 cm³/mol. The minimum absolute atomic E-state index is 0.00461. The van der Waals surface area contributed by atoms with Crippen molar-refractivity contribution < 1.29 is 9.59 Å². The van der Waals surface area contributed by atoms with Crippen molar-refractivity contribution in [3.63, 3.8) is 0 Å². The van der Waals surface area contributed by atoms with Gasteiger partial charge >= 0.3 is 0 Å². The van der Waals surface area contributed by atoms with Crippen molar-refractivity contribution in [2.45, 2.75) is 70.9 Å². The molecule has 0 radical (unpaired) electrons. The molecule has 2 saturated carbocycles. The van der Waals surface area contributed by atoms with E-state index in [2.05, 4.69) is 5.32 Å². The molecule has 1 N–H and O–H groups in total. The molecule has 2 fully saturated rings. The lowest BCUT2D eigenvalue weighted by Crippen LogP contribution is -2.47. The fourth-order valence-corrected chi connectivity index (χ4v) is 3.84. The van der Waals surface area contributed by atoms with Gasteiger partial charge in [-0.25, -0.2) is 0 Å². The second-order valence-electron chi connectivity index (χ2n) is 7.55. The predicted octanol–water partition coefficient (Wildman–Crippen LogP) is 3.65. The molecule has 1 aromatic rings. The molecule has 2 aliphatic carbocycles. The van der Waals surface area contributed by atoms with Gasteiger partial charge in [-0.2, -0.15) is 0 Å². The highest BCUT2D eigenvalue weighted by Crippen LogP contribution is 2.48. The lowest BCUT2D eigenvalue weighted by atomic mass is 10.0. The fraction of sp³-hybridized carbons (Fsp3) is 0.619. The van der Waals surface area contributed by atoms with E-state index in [9.17, 15) is 9.59 Å². The smallest absolute Gasteiger partial charge is 0.238 e. The Labute approximate surface area is 151 Å². The van der Waals surface area contributed by atoms with Crippen molar-refractivity contribution in [2.24, 2.45) is 5.41 Å². The van der Waals surface area contributed by atoms with Crippen LogP contribution in [0.15, 0.2) is 30.3 Å². The summed E-state index contributed by atoms with van der Waals surface area (Å²) in [5, 5.41) is 3.20. The van der Waals surface area contributed by atoms with Crippen LogP contribution in [0.3, 0.4) is 0 Å². The summed E-state index contributed by atoms with van der Waals surface area (Å²) >= 11 is 0. The topological polar surface area (TPSA) is 49.4 Å². The Morgan fingerprint density at radius 1 is 1.08 bits per heavy atom. The molecule has 0 unspecified atom stereocenters. The van der Waals surface area contributed by atoms with E-state index in [0.717, 1.165) is 18.4 Å². The van der Waals surface area contributed by atoms with Gasteiger partial charge in [0, 0.05) is 19.1 Å². The lowest BCUT2D eigenvalue weighted by Gasteiger charge is -2.27. The summed E-state index contributed by atoms with van der Waals surface area (Å²) in [5.41, 5.74) is 0.314. The first-order valence-corrected chi connectivity index (χ1v) is 9.80. The number of amides is 2. The Morgan fingerprint density at radius 3 is 2.28 bits per heavy atom. The van der Waals surface area contributed by atoms with E-state index < -0.39 is 5.41 Å². The zero-order chi connectivity index (χ0) is 17.7. The summed E-state index contributed by atoms with van der Waals surface area (Å²) in [6.07, 6.45) is 8.37. The molecule has 0 aromatic heterocycles. The number of hydrogen-bond acceptors (Lipinski definition) is 2. The van der Waals surface area contributed by atoms with Crippen molar-refractivity contribution in [2.75, 3.05) is 6.54 Å². The van der Waals surface area contributed by atoms with Crippen LogP contribution in [-0.4, -0.2) is 29.3 Å². The zero-order valence-corrected chi connectivity index (χ0v) is 15.3. The summed E-state index contributed by atoms with van der Waals surface area (Å²) in [6.45, 7) is 3.20. The number of carbonyl (C=O) groups is 2. The maximum absolute atomic E-state index is 13.1. The van der Waals surface area contributed by atoms with Crippen LogP contribution in [0.5, 0.6) is 0 Å². The summed E-state index contributed by atoms with van der Waals surface area (Å²) in [4.78, 5) is 27.8. The van der Waals surface area contributed by atoms with Crippen molar-refractivity contribution in [1.29, 1.82) is 0 Å². The number of nitrogens with zero attached hydrogens (tertiary/aromatic N) is 1. The Kier molecular flexibility index (Phi) is 5.77. The average molecular weight is 342 g/mol. The van der Waals surface area contributed by atoms with Gasteiger partial charge in [-0.15, -0.1) is 0 Å². The molecule has 4 heteroatoms. The largest absolute Gasteiger partial charge is 0.352 e. The molecule has 3 rings (SSSR count). The van der Waals surface area contributed by atoms with Gasteiger partial charge in [0.2, 0.25) is 11.8 Å². The second-order valence-corrected chi connectivity index (χ2v) is 7.55. The van der Waals surface area contributed by atoms with Crippen molar-refractivity contribution in [3.8, 4) is 0 Å². The Bertz CT molecular complexity index is 587. The normalized spacial score (nSPS) is 19.7. The highest BCUT2D eigenvalue weighted by Gasteiger charge is 2.58. The highest BCUT2D eigenvalue weighted by atomic mass is 16.2. The first kappa shape index (κ1) is 18.0. The minimum atomic E-state index is -0.795. The van der Waals surface area contributed by atoms with Crippen molar-refractivity contribution >= 4 is 11.8 Å². The monoisotopic (exact) mass is 342 g/mol. The summed E-state index contributed by atoms with van der Waals surface area (Å²) in [7, 11) is 0. The number of hydrogen-bond donors (Lipinski definition) is 1. The van der Waals surface area contributed by atoms with E-state index in [1.54, 1.807) is 0 Å². The zero-order valence-electron chi connectivity index (χ0n) is 15.3. The maximum Gasteiger partial charge on any atom is 0.238 e. The van der Waals surface area contributed by atoms with Crippen molar-refractivity contribution in [1.82, 2.24) is 10.2 Å². The minimum Gasteiger partial charge on any atom is -0.352 e. The van der Waals surface area contributed by atoms with Crippen LogP contribution in [0.25, 0.3) is 0 Å². The maximum atomic E-state index is 13.1. The van der Waals surface area contributed by atoms with Gasteiger partial charge in [0.15, 0.2) is 0 Å². The summed E-state index contributed by atoms with van der Waals surface area (Å²) in [6, 6.07) is 10.3. The van der Waals surface area contributed by atoms with Crippen LogP contribution in [-0.2, 0) is 16.1 Å². The molecule has 0 aliphatic heterocycles. The molecule has 0 atom stereocenters. The summed E-state index contributed by atoms with van der Waals surface area (Å²) < 4.78 is 0. The molecule has 1 aromatic carbocycles. The molecule has 136 valence electrons. The van der Waals surface area contributed by atoms with Gasteiger partial charge in [0.1, 0.15) is 5.41 Å². The number of carbonyl (C=O) groups excluding carboxylic acids is 2. The average Bonchev–Trinajstić information content (AvgIpc) is 3.45. The van der Waals surface area contributed by atoms with E-state index in [1.807, 2.05) is 42.2 Å². The van der Waals surface area contributed by atoms with Crippen LogP contribution in [0.4, 0.5) is 0 Å². The molecule has 0 heterocycles. The molecule has 0 bridgehead atoms. The van der Waals surface area contributed by atoms with E-state index in [1.165, 1.54) is 25.7 Å². The molecule has 2 amide bonds. The van der Waals surface area contributed by atoms with Crippen LogP contribution in [0.1, 0.15) is 63.9 Å². The van der Waals surface area contributed by atoms with E-state index in [4.69, 9.17) is 0 Å². The molecule has 4 nitrogen and oxygen atoms in total. The van der Waals surface area contributed by atoms with E-state index in [-0.39, 0.29) is 17.9 Å². The molecule has 0 spiro atoms. The van der Waals surface area contributed by atoms with Crippen LogP contribution in [0.2, 0.25) is 0 Å². The van der Waals surface area contributed by atoms with Gasteiger partial charge in [-0.1, -0.05) is 56.0 Å². The quantitative estimate of drug-likeness (QED) is 0.634. The number of nitrogens with one attached hydrogen (secondary N) is 1. The SMILES string of the molecule is CCN(Cc1ccccc1)C(=O)C1(C(=O)NC2CCCCCC2)CC1. The first-order chi connectivity index (χ1) is 12.2. The highest BCUT2D eigenvalue weighted by molar-refractivity contribution is 6.07. The Balaban J connectivity index is 1.63. The van der Waals surface area contributed by atoms with Crippen LogP contribution >= 0.6 is 0 Å². The second kappa shape index (κ2) is 8.03. The molecule has 2 aliphatic rings. The van der Waals surface area contributed by atoms with Gasteiger partial charge in [-0.3, -0.25) is 9.59 Å². The third kappa shape index (κ3) is 4.23. The summed E-state index contributed by atoms with van der Waals surface area (Å²) in [5.74, 6) is -0.0270. The molecule has 25 heavy (non-hydrogen) atoms. The lowest BCUT2D eigenvalue weighted by molar-refractivity contribution is -0.144. The van der Waals surface area contributed by atoms with Crippen molar-refractivity contribution in [3.05, 3.63) is 35.9 Å². The fourth-order valence-electron chi connectivity index (χ4n) is 3.84. The van der Waals surface area contributed by atoms with E-state index in [0.29, 0.717) is 25.9 Å². The van der Waals surface area contributed by atoms with Gasteiger partial charge in [0.05, 0.1) is 0 Å².